The first-order valence-corrected chi connectivity index (χ1v) is 9.13. The number of alkyl halides is 3. The van der Waals surface area contributed by atoms with Crippen molar-refractivity contribution in [3.63, 3.8) is 0 Å². The lowest BCUT2D eigenvalue weighted by Gasteiger charge is -2.16. The molecule has 31 heavy (non-hydrogen) atoms. The number of ether oxygens (including phenoxy) is 3. The highest BCUT2D eigenvalue weighted by atomic mass is 35.5. The van der Waals surface area contributed by atoms with Crippen molar-refractivity contribution in [2.75, 3.05) is 25.6 Å². The fraction of sp³-hybridized carbons (Fsp3) is 0.316. The van der Waals surface area contributed by atoms with Crippen LogP contribution < -0.4 is 10.1 Å². The molecule has 2 aromatic carbocycles. The number of nitrogens with one attached hydrogen (secondary N) is 1. The zero-order valence-electron chi connectivity index (χ0n) is 16.4. The van der Waals surface area contributed by atoms with Gasteiger partial charge in [-0.05, 0) is 31.2 Å². The Hall–Kier alpha value is -3.05. The highest BCUT2D eigenvalue weighted by molar-refractivity contribution is 6.32. The van der Waals surface area contributed by atoms with E-state index in [9.17, 15) is 28.1 Å². The Morgan fingerprint density at radius 1 is 1.26 bits per heavy atom. The molecule has 0 heterocycles. The lowest BCUT2D eigenvalue weighted by molar-refractivity contribution is -0.384. The fourth-order valence-electron chi connectivity index (χ4n) is 2.43. The van der Waals surface area contributed by atoms with E-state index in [-0.39, 0.29) is 41.1 Å². The number of esters is 1. The molecule has 8 nitrogen and oxygen atoms in total. The molecule has 2 rings (SSSR count). The molecule has 1 atom stereocenters. The van der Waals surface area contributed by atoms with E-state index >= 15 is 0 Å². The summed E-state index contributed by atoms with van der Waals surface area (Å²) >= 11 is 5.88. The summed E-state index contributed by atoms with van der Waals surface area (Å²) in [4.78, 5) is 21.8. The normalized spacial score (nSPS) is 12.2. The molecule has 0 aliphatic rings. The monoisotopic (exact) mass is 462 g/mol. The van der Waals surface area contributed by atoms with Crippen molar-refractivity contribution >= 4 is 28.9 Å². The number of anilines is 1. The summed E-state index contributed by atoms with van der Waals surface area (Å²) in [5.74, 6) is -0.511. The van der Waals surface area contributed by atoms with Gasteiger partial charge in [0, 0.05) is 18.2 Å². The van der Waals surface area contributed by atoms with Gasteiger partial charge in [0.1, 0.15) is 23.8 Å². The third-order valence-electron chi connectivity index (χ3n) is 3.87. The van der Waals surface area contributed by atoms with E-state index in [4.69, 9.17) is 21.1 Å². The molecule has 0 aliphatic carbocycles. The number of carbonyl (C=O) groups excluding carboxylic acids is 1. The van der Waals surface area contributed by atoms with Crippen LogP contribution in [0.5, 0.6) is 11.5 Å². The smallest absolute Gasteiger partial charge is 0.416 e. The standard InChI is InChI=1S/C19H18ClF3N2O6/c1-11(9-30-10-18(26)29-2)24-15-8-13(4-5-16(15)25(27)28)31-17-6-3-12(7-14(17)20)19(21,22)23/h3-8,11,24H,9-10H2,1-2H3. The minimum absolute atomic E-state index is 0.0437. The van der Waals surface area contributed by atoms with Crippen LogP contribution in [0.25, 0.3) is 0 Å². The predicted molar refractivity (Wildman–Crippen MR) is 106 cm³/mol. The van der Waals surface area contributed by atoms with Gasteiger partial charge in [0.05, 0.1) is 29.2 Å². The number of nitro benzene ring substituents is 1. The van der Waals surface area contributed by atoms with Crippen LogP contribution in [0.2, 0.25) is 5.02 Å². The zero-order chi connectivity index (χ0) is 23.2. The molecule has 0 aromatic heterocycles. The Morgan fingerprint density at radius 3 is 2.55 bits per heavy atom. The molecular weight excluding hydrogens is 445 g/mol. The highest BCUT2D eigenvalue weighted by Crippen LogP contribution is 2.38. The molecule has 168 valence electrons. The van der Waals surface area contributed by atoms with Gasteiger partial charge in [0.25, 0.3) is 5.69 Å². The van der Waals surface area contributed by atoms with E-state index in [0.717, 1.165) is 18.2 Å². The summed E-state index contributed by atoms with van der Waals surface area (Å²) in [6.07, 6.45) is -4.56. The van der Waals surface area contributed by atoms with E-state index in [1.54, 1.807) is 6.92 Å². The Morgan fingerprint density at radius 2 is 1.97 bits per heavy atom. The molecule has 1 unspecified atom stereocenters. The van der Waals surface area contributed by atoms with Crippen LogP contribution in [0.1, 0.15) is 12.5 Å². The summed E-state index contributed by atoms with van der Waals surface area (Å²) < 4.78 is 53.4. The molecule has 0 aliphatic heterocycles. The van der Waals surface area contributed by atoms with Gasteiger partial charge in [-0.3, -0.25) is 10.1 Å². The first-order valence-electron chi connectivity index (χ1n) is 8.75. The minimum Gasteiger partial charge on any atom is -0.467 e. The lowest BCUT2D eigenvalue weighted by atomic mass is 10.2. The van der Waals surface area contributed by atoms with E-state index in [2.05, 4.69) is 10.1 Å². The van der Waals surface area contributed by atoms with Crippen LogP contribution in [-0.2, 0) is 20.4 Å². The van der Waals surface area contributed by atoms with Gasteiger partial charge in [0.15, 0.2) is 0 Å². The molecule has 0 fully saturated rings. The molecule has 0 amide bonds. The van der Waals surface area contributed by atoms with Gasteiger partial charge in [-0.25, -0.2) is 4.79 Å². The van der Waals surface area contributed by atoms with Crippen molar-refractivity contribution in [1.82, 2.24) is 0 Å². The Kier molecular flexibility index (Phi) is 8.06. The number of benzene rings is 2. The van der Waals surface area contributed by atoms with Gasteiger partial charge in [-0.1, -0.05) is 11.6 Å². The van der Waals surface area contributed by atoms with Crippen LogP contribution in [0.15, 0.2) is 36.4 Å². The van der Waals surface area contributed by atoms with E-state index in [1.165, 1.54) is 25.3 Å². The Labute approximate surface area is 180 Å². The molecule has 1 N–H and O–H groups in total. The van der Waals surface area contributed by atoms with Crippen LogP contribution in [0, 0.1) is 10.1 Å². The first-order chi connectivity index (χ1) is 14.5. The van der Waals surface area contributed by atoms with Crippen molar-refractivity contribution in [2.24, 2.45) is 0 Å². The van der Waals surface area contributed by atoms with Gasteiger partial charge < -0.3 is 19.5 Å². The minimum atomic E-state index is -4.56. The van der Waals surface area contributed by atoms with Gasteiger partial charge in [-0.15, -0.1) is 0 Å². The zero-order valence-corrected chi connectivity index (χ0v) is 17.1. The first kappa shape index (κ1) is 24.2. The van der Waals surface area contributed by atoms with Gasteiger partial charge in [-0.2, -0.15) is 13.2 Å². The largest absolute Gasteiger partial charge is 0.467 e. The molecule has 0 spiro atoms. The summed E-state index contributed by atoms with van der Waals surface area (Å²) in [5, 5.41) is 13.9. The van der Waals surface area contributed by atoms with Crippen molar-refractivity contribution in [2.45, 2.75) is 19.1 Å². The number of carbonyl (C=O) groups is 1. The van der Waals surface area contributed by atoms with Crippen LogP contribution in [0.3, 0.4) is 0 Å². The lowest BCUT2D eigenvalue weighted by Crippen LogP contribution is -2.24. The maximum atomic E-state index is 12.8. The van der Waals surface area contributed by atoms with Crippen LogP contribution >= 0.6 is 11.6 Å². The highest BCUT2D eigenvalue weighted by Gasteiger charge is 2.31. The molecule has 0 saturated carbocycles. The summed E-state index contributed by atoms with van der Waals surface area (Å²) in [7, 11) is 1.21. The second-order valence-corrected chi connectivity index (χ2v) is 6.72. The van der Waals surface area contributed by atoms with E-state index in [1.807, 2.05) is 0 Å². The molecule has 0 radical (unpaired) electrons. The number of hydrogen-bond acceptors (Lipinski definition) is 7. The number of nitrogens with zero attached hydrogens (tertiary/aromatic N) is 1. The fourth-order valence-corrected chi connectivity index (χ4v) is 2.64. The van der Waals surface area contributed by atoms with Gasteiger partial charge >= 0.3 is 12.1 Å². The van der Waals surface area contributed by atoms with Crippen molar-refractivity contribution in [3.8, 4) is 11.5 Å². The van der Waals surface area contributed by atoms with Crippen LogP contribution in [0.4, 0.5) is 24.5 Å². The third-order valence-corrected chi connectivity index (χ3v) is 4.16. The average Bonchev–Trinajstić information content (AvgIpc) is 2.68. The van der Waals surface area contributed by atoms with E-state index < -0.39 is 28.7 Å². The number of methoxy groups -OCH3 is 1. The van der Waals surface area contributed by atoms with Crippen LogP contribution in [-0.4, -0.2) is 37.3 Å². The maximum absolute atomic E-state index is 12.8. The van der Waals surface area contributed by atoms with Gasteiger partial charge in [0.2, 0.25) is 0 Å². The maximum Gasteiger partial charge on any atom is 0.416 e. The predicted octanol–water partition coefficient (Wildman–Crippen LogP) is 5.05. The Bertz CT molecular complexity index is 955. The number of halogens is 4. The molecule has 0 bridgehead atoms. The third kappa shape index (κ3) is 7.00. The quantitative estimate of drug-likeness (QED) is 0.316. The average molecular weight is 463 g/mol. The molecular formula is C19H18ClF3N2O6. The second kappa shape index (κ2) is 10.3. The van der Waals surface area contributed by atoms with E-state index in [0.29, 0.717) is 0 Å². The van der Waals surface area contributed by atoms with Crippen molar-refractivity contribution in [1.29, 1.82) is 0 Å². The Balaban J connectivity index is 2.17. The molecule has 0 saturated heterocycles. The SMILES string of the molecule is COC(=O)COCC(C)Nc1cc(Oc2ccc(C(F)(F)F)cc2Cl)ccc1[N+](=O)[O-]. The number of rotatable bonds is 9. The number of nitro groups is 1. The summed E-state index contributed by atoms with van der Waals surface area (Å²) in [6, 6.07) is 5.93. The topological polar surface area (TPSA) is 99.9 Å². The summed E-state index contributed by atoms with van der Waals surface area (Å²) in [6.45, 7) is 1.43. The second-order valence-electron chi connectivity index (χ2n) is 6.32. The molecule has 12 heteroatoms. The number of hydrogen-bond donors (Lipinski definition) is 1. The van der Waals surface area contributed by atoms with Crippen molar-refractivity contribution in [3.05, 3.63) is 57.1 Å². The van der Waals surface area contributed by atoms with Crippen molar-refractivity contribution < 1.29 is 37.1 Å². The summed E-state index contributed by atoms with van der Waals surface area (Å²) in [5.41, 5.74) is -1.11. The molecule has 2 aromatic rings.